The van der Waals surface area contributed by atoms with E-state index in [1.807, 2.05) is 26.0 Å². The zero-order chi connectivity index (χ0) is 33.3. The van der Waals surface area contributed by atoms with Gasteiger partial charge in [0.05, 0.1) is 37.4 Å². The van der Waals surface area contributed by atoms with E-state index < -0.39 is 23.9 Å². The monoisotopic (exact) mass is 646 g/mol. The summed E-state index contributed by atoms with van der Waals surface area (Å²) in [6, 6.07) is -0.133. The number of nitrogens with one attached hydrogen (secondary N) is 2. The number of hydrogen-bond donors (Lipinski definition) is 4. The van der Waals surface area contributed by atoms with Gasteiger partial charge in [-0.3, -0.25) is 9.59 Å². The summed E-state index contributed by atoms with van der Waals surface area (Å²) >= 11 is 0. The molecule has 0 aromatic rings. The van der Waals surface area contributed by atoms with Crippen molar-refractivity contribution in [2.24, 2.45) is 11.7 Å². The smallest absolute Gasteiger partial charge is 0.410 e. The summed E-state index contributed by atoms with van der Waals surface area (Å²) in [5.74, 6) is -0.155. The number of hydrogen-bond acceptors (Lipinski definition) is 9. The first-order valence-corrected chi connectivity index (χ1v) is 16.9. The Hall–Kier alpha value is -2.77. The Balaban J connectivity index is 1.21. The van der Waals surface area contributed by atoms with E-state index in [9.17, 15) is 19.5 Å². The molecular weight excluding hydrogens is 592 g/mol. The lowest BCUT2D eigenvalue weighted by molar-refractivity contribution is -0.145. The summed E-state index contributed by atoms with van der Waals surface area (Å²) in [5, 5.41) is 16.7. The number of rotatable bonds is 12. The molecule has 4 heterocycles. The maximum Gasteiger partial charge on any atom is 0.410 e. The predicted molar refractivity (Wildman–Crippen MR) is 173 cm³/mol. The lowest BCUT2D eigenvalue weighted by Gasteiger charge is -2.39. The van der Waals surface area contributed by atoms with E-state index in [0.717, 1.165) is 44.3 Å². The molecule has 12 heteroatoms. The van der Waals surface area contributed by atoms with Gasteiger partial charge in [0, 0.05) is 38.7 Å². The van der Waals surface area contributed by atoms with Gasteiger partial charge in [-0.1, -0.05) is 30.7 Å². The van der Waals surface area contributed by atoms with Gasteiger partial charge in [-0.2, -0.15) is 0 Å². The second-order valence-corrected chi connectivity index (χ2v) is 13.3. The number of carbonyl (C=O) groups excluding carboxylic acids is 3. The zero-order valence-corrected chi connectivity index (χ0v) is 27.8. The van der Waals surface area contributed by atoms with Crippen LogP contribution in [0.25, 0.3) is 0 Å². The summed E-state index contributed by atoms with van der Waals surface area (Å²) in [5.41, 5.74) is 5.83. The molecule has 12 nitrogen and oxygen atoms in total. The highest BCUT2D eigenvalue weighted by Gasteiger charge is 2.58. The number of amides is 3. The van der Waals surface area contributed by atoms with Crippen molar-refractivity contribution in [1.82, 2.24) is 15.5 Å². The lowest BCUT2D eigenvalue weighted by Crippen LogP contribution is -2.51. The summed E-state index contributed by atoms with van der Waals surface area (Å²) in [6.45, 7) is 10.5. The van der Waals surface area contributed by atoms with Crippen LogP contribution in [0.5, 0.6) is 0 Å². The van der Waals surface area contributed by atoms with Crippen molar-refractivity contribution in [3.63, 3.8) is 0 Å². The molecular formula is C34H54N4O8. The van der Waals surface area contributed by atoms with Gasteiger partial charge in [0.1, 0.15) is 23.9 Å². The molecule has 0 radical (unpaired) electrons. The van der Waals surface area contributed by atoms with Crippen molar-refractivity contribution in [3.8, 4) is 0 Å². The Bertz CT molecular complexity index is 1130. The Morgan fingerprint density at radius 1 is 1.15 bits per heavy atom. The first-order valence-electron chi connectivity index (χ1n) is 16.9. The molecule has 5 N–H and O–H groups in total. The molecule has 0 aromatic heterocycles. The Morgan fingerprint density at radius 2 is 1.89 bits per heavy atom. The molecule has 1 unspecified atom stereocenters. The number of nitrogens with zero attached hydrogens (tertiary/aromatic N) is 1. The van der Waals surface area contributed by atoms with Gasteiger partial charge >= 0.3 is 6.09 Å². The number of aliphatic hydroxyl groups excluding tert-OH is 1. The van der Waals surface area contributed by atoms with E-state index in [0.29, 0.717) is 32.5 Å². The first-order chi connectivity index (χ1) is 22.0. The molecule has 0 aromatic carbocycles. The summed E-state index contributed by atoms with van der Waals surface area (Å²) in [4.78, 5) is 38.9. The van der Waals surface area contributed by atoms with Gasteiger partial charge < -0.3 is 45.3 Å². The van der Waals surface area contributed by atoms with Crippen LogP contribution in [0.1, 0.15) is 72.6 Å². The fraction of sp³-hybridized carbons (Fsp3) is 0.735. The quantitative estimate of drug-likeness (QED) is 0.142. The second-order valence-electron chi connectivity index (χ2n) is 13.3. The van der Waals surface area contributed by atoms with Crippen molar-refractivity contribution >= 4 is 17.9 Å². The van der Waals surface area contributed by atoms with E-state index in [4.69, 9.17) is 24.7 Å². The SMILES string of the molecule is CC(/C=C/[C@H]1O[C@H](CC(=O)NCCN)C[C@@]2(CO2)[C@@H]1O)=C\C[C@@H]1O[C@H](C)[C@H](NC(=O)/C=C\C(C)OC(=O)N2CCCCC2)C[C@@H]1C. The summed E-state index contributed by atoms with van der Waals surface area (Å²) in [7, 11) is 0. The highest BCUT2D eigenvalue weighted by atomic mass is 16.6. The average Bonchev–Trinajstić information content (AvgIpc) is 3.81. The fourth-order valence-electron chi connectivity index (χ4n) is 6.43. The molecule has 4 aliphatic rings. The minimum atomic E-state index is -0.803. The number of nitrogens with two attached hydrogens (primary N) is 1. The van der Waals surface area contributed by atoms with Crippen LogP contribution in [0.15, 0.2) is 36.0 Å². The maximum absolute atomic E-state index is 12.7. The van der Waals surface area contributed by atoms with E-state index in [1.165, 1.54) is 6.08 Å². The maximum atomic E-state index is 12.7. The largest absolute Gasteiger partial charge is 0.442 e. The van der Waals surface area contributed by atoms with Crippen LogP contribution in [0.4, 0.5) is 4.79 Å². The molecule has 4 aliphatic heterocycles. The third-order valence-electron chi connectivity index (χ3n) is 9.35. The van der Waals surface area contributed by atoms with Crippen LogP contribution >= 0.6 is 0 Å². The molecule has 1 spiro atoms. The minimum Gasteiger partial charge on any atom is -0.442 e. The third kappa shape index (κ3) is 10.4. The number of piperidine rings is 1. The number of likely N-dealkylation sites (tertiary alicyclic amines) is 1. The van der Waals surface area contributed by atoms with Crippen LogP contribution in [-0.4, -0.2) is 109 Å². The number of allylic oxidation sites excluding steroid dienone is 2. The van der Waals surface area contributed by atoms with Crippen molar-refractivity contribution in [3.05, 3.63) is 36.0 Å². The molecule has 258 valence electrons. The van der Waals surface area contributed by atoms with Gasteiger partial charge in [0.15, 0.2) is 0 Å². The van der Waals surface area contributed by atoms with Crippen molar-refractivity contribution in [2.75, 3.05) is 32.8 Å². The number of aliphatic hydroxyl groups is 1. The predicted octanol–water partition coefficient (Wildman–Crippen LogP) is 2.50. The van der Waals surface area contributed by atoms with Crippen molar-refractivity contribution in [1.29, 1.82) is 0 Å². The number of epoxide rings is 1. The lowest BCUT2D eigenvalue weighted by atomic mass is 9.87. The molecule has 0 bridgehead atoms. The average molecular weight is 647 g/mol. The van der Waals surface area contributed by atoms with Crippen LogP contribution in [0.2, 0.25) is 0 Å². The van der Waals surface area contributed by atoms with Gasteiger partial charge in [0.25, 0.3) is 0 Å². The highest BCUT2D eigenvalue weighted by molar-refractivity contribution is 5.87. The van der Waals surface area contributed by atoms with E-state index >= 15 is 0 Å². The van der Waals surface area contributed by atoms with E-state index in [2.05, 4.69) is 23.6 Å². The molecule has 0 aliphatic carbocycles. The minimum absolute atomic E-state index is 0.00710. The Morgan fingerprint density at radius 3 is 2.59 bits per heavy atom. The Kier molecular flexibility index (Phi) is 13.2. The molecule has 0 saturated carbocycles. The number of carbonyl (C=O) groups is 3. The third-order valence-corrected chi connectivity index (χ3v) is 9.35. The first kappa shape index (κ1) is 36.1. The summed E-state index contributed by atoms with van der Waals surface area (Å²) in [6.07, 6.45) is 11.4. The van der Waals surface area contributed by atoms with E-state index in [1.54, 1.807) is 17.9 Å². The molecule has 4 saturated heterocycles. The van der Waals surface area contributed by atoms with Crippen molar-refractivity contribution in [2.45, 2.75) is 121 Å². The van der Waals surface area contributed by atoms with Gasteiger partial charge in [-0.25, -0.2) is 4.79 Å². The van der Waals surface area contributed by atoms with Crippen molar-refractivity contribution < 1.29 is 38.4 Å². The highest BCUT2D eigenvalue weighted by Crippen LogP contribution is 2.43. The van der Waals surface area contributed by atoms with Crippen LogP contribution in [0.3, 0.4) is 0 Å². The van der Waals surface area contributed by atoms with Gasteiger partial charge in [-0.05, 0) is 64.9 Å². The molecule has 9 atom stereocenters. The zero-order valence-electron chi connectivity index (χ0n) is 27.8. The molecule has 3 amide bonds. The standard InChI is InChI=1S/C34H54N4O8/c1-22(9-12-29-32(41)34(21-43-34)20-26(46-29)19-31(40)36-15-14-35)8-11-28-23(2)18-27(25(4)45-28)37-30(39)13-10-24(3)44-33(42)38-16-6-5-7-17-38/h8-10,12-13,23-29,32,41H,5-7,11,14-21,35H2,1-4H3,(H,36,40)(H,37,39)/b12-9+,13-10-,22-8+/t23-,24?,25+,26+,27+,28-,29+,32+,34+/m0/s1. The Labute approximate surface area is 273 Å². The molecule has 46 heavy (non-hydrogen) atoms. The second kappa shape index (κ2) is 16.9. The van der Waals surface area contributed by atoms with E-state index in [-0.39, 0.29) is 54.6 Å². The van der Waals surface area contributed by atoms with Crippen LogP contribution in [-0.2, 0) is 28.5 Å². The van der Waals surface area contributed by atoms with Crippen LogP contribution < -0.4 is 16.4 Å². The molecule has 4 fully saturated rings. The van der Waals surface area contributed by atoms with Gasteiger partial charge in [0.2, 0.25) is 11.8 Å². The number of ether oxygens (including phenoxy) is 4. The van der Waals surface area contributed by atoms with Crippen LogP contribution in [0, 0.1) is 5.92 Å². The van der Waals surface area contributed by atoms with Gasteiger partial charge in [-0.15, -0.1) is 0 Å². The fourth-order valence-corrected chi connectivity index (χ4v) is 6.43. The molecule has 4 rings (SSSR count). The summed E-state index contributed by atoms with van der Waals surface area (Å²) < 4.78 is 23.5. The topological polar surface area (TPSA) is 165 Å². The normalized spacial score (nSPS) is 34.1.